The summed E-state index contributed by atoms with van der Waals surface area (Å²) in [5, 5.41) is 3.55. The minimum Gasteiger partial charge on any atom is -0.492 e. The maximum Gasteiger partial charge on any atom is 0.145 e. The average molecular weight is 279 g/mol. The molecule has 2 aliphatic rings. The Labute approximate surface area is 119 Å². The first kappa shape index (κ1) is 13.7. The van der Waals surface area contributed by atoms with E-state index in [2.05, 4.69) is 19.2 Å². The molecule has 0 radical (unpaired) electrons. The zero-order valence-corrected chi connectivity index (χ0v) is 12.3. The molecule has 3 nitrogen and oxygen atoms in total. The molecule has 0 bridgehead atoms. The molecule has 1 saturated carbocycles. The molecule has 20 heavy (non-hydrogen) atoms. The topological polar surface area (TPSA) is 30.5 Å². The lowest BCUT2D eigenvalue weighted by molar-refractivity contribution is -0.0923. The van der Waals surface area contributed by atoms with Crippen molar-refractivity contribution in [1.82, 2.24) is 0 Å². The Morgan fingerprint density at radius 1 is 1.45 bits per heavy atom. The van der Waals surface area contributed by atoms with E-state index in [-0.39, 0.29) is 11.2 Å². The number of anilines is 1. The Balaban J connectivity index is 1.81. The van der Waals surface area contributed by atoms with Crippen LogP contribution in [0.1, 0.15) is 27.2 Å². The Morgan fingerprint density at radius 2 is 2.25 bits per heavy atom. The van der Waals surface area contributed by atoms with Crippen molar-refractivity contribution in [3.05, 3.63) is 24.0 Å². The molecule has 1 saturated heterocycles. The molecule has 0 spiro atoms. The Hall–Kier alpha value is -1.29. The number of fused-ring (bicyclic) bond motifs is 1. The summed E-state index contributed by atoms with van der Waals surface area (Å²) in [5.74, 6) is 0.865. The standard InChI is InChI=1S/C16H22FNO2/c1-4-19-13-9-10(17)5-6-12(13)18-14-11-7-8-20-15(11)16(14,2)3/h5-6,9,11,14-15,18H,4,7-8H2,1-3H3. The van der Waals surface area contributed by atoms with Crippen molar-refractivity contribution in [1.29, 1.82) is 0 Å². The summed E-state index contributed by atoms with van der Waals surface area (Å²) in [6, 6.07) is 5.03. The Bertz CT molecular complexity index is 503. The second kappa shape index (κ2) is 4.92. The van der Waals surface area contributed by atoms with Crippen LogP contribution in [0.4, 0.5) is 10.1 Å². The lowest BCUT2D eigenvalue weighted by atomic mass is 9.57. The molecule has 2 fully saturated rings. The minimum absolute atomic E-state index is 0.0963. The zero-order valence-electron chi connectivity index (χ0n) is 12.3. The van der Waals surface area contributed by atoms with Crippen LogP contribution in [-0.2, 0) is 4.74 Å². The first-order valence-corrected chi connectivity index (χ1v) is 7.34. The zero-order chi connectivity index (χ0) is 14.3. The number of hydrogen-bond acceptors (Lipinski definition) is 3. The van der Waals surface area contributed by atoms with Gasteiger partial charge in [0.2, 0.25) is 0 Å². The minimum atomic E-state index is -0.269. The second-order valence-electron chi connectivity index (χ2n) is 6.26. The molecule has 3 rings (SSSR count). The third-order valence-electron chi connectivity index (χ3n) is 4.65. The molecular formula is C16H22FNO2. The maximum absolute atomic E-state index is 13.3. The van der Waals surface area contributed by atoms with Gasteiger partial charge in [0.25, 0.3) is 0 Å². The summed E-state index contributed by atoms with van der Waals surface area (Å²) in [5.41, 5.74) is 0.968. The van der Waals surface area contributed by atoms with Crippen LogP contribution < -0.4 is 10.1 Å². The van der Waals surface area contributed by atoms with Gasteiger partial charge in [-0.05, 0) is 25.5 Å². The van der Waals surface area contributed by atoms with Gasteiger partial charge in [0.15, 0.2) is 0 Å². The van der Waals surface area contributed by atoms with Crippen LogP contribution in [0.25, 0.3) is 0 Å². The van der Waals surface area contributed by atoms with Gasteiger partial charge in [0.1, 0.15) is 11.6 Å². The van der Waals surface area contributed by atoms with Crippen molar-refractivity contribution in [3.63, 3.8) is 0 Å². The van der Waals surface area contributed by atoms with Crippen molar-refractivity contribution in [3.8, 4) is 5.75 Å². The number of nitrogens with one attached hydrogen (secondary N) is 1. The fourth-order valence-electron chi connectivity index (χ4n) is 3.68. The van der Waals surface area contributed by atoms with Crippen molar-refractivity contribution in [2.75, 3.05) is 18.5 Å². The third-order valence-corrected chi connectivity index (χ3v) is 4.65. The van der Waals surface area contributed by atoms with Crippen molar-refractivity contribution < 1.29 is 13.9 Å². The largest absolute Gasteiger partial charge is 0.492 e. The van der Waals surface area contributed by atoms with Gasteiger partial charge in [-0.15, -0.1) is 0 Å². The van der Waals surface area contributed by atoms with Gasteiger partial charge in [0.05, 0.1) is 18.4 Å². The van der Waals surface area contributed by atoms with Gasteiger partial charge in [-0.25, -0.2) is 4.39 Å². The molecule has 1 aromatic carbocycles. The van der Waals surface area contributed by atoms with E-state index in [9.17, 15) is 4.39 Å². The smallest absolute Gasteiger partial charge is 0.145 e. The van der Waals surface area contributed by atoms with Crippen LogP contribution in [-0.4, -0.2) is 25.4 Å². The van der Waals surface area contributed by atoms with E-state index in [4.69, 9.17) is 9.47 Å². The number of rotatable bonds is 4. The molecular weight excluding hydrogens is 257 g/mol. The summed E-state index contributed by atoms with van der Waals surface area (Å²) in [6.07, 6.45) is 1.44. The average Bonchev–Trinajstić information content (AvgIpc) is 2.85. The predicted octanol–water partition coefficient (Wildman–Crippen LogP) is 3.45. The van der Waals surface area contributed by atoms with E-state index in [0.29, 0.717) is 30.4 Å². The van der Waals surface area contributed by atoms with Gasteiger partial charge >= 0.3 is 0 Å². The molecule has 1 aliphatic carbocycles. The molecule has 4 heteroatoms. The number of halogens is 1. The van der Waals surface area contributed by atoms with Gasteiger partial charge in [-0.1, -0.05) is 13.8 Å². The number of benzene rings is 1. The quantitative estimate of drug-likeness (QED) is 0.915. The molecule has 110 valence electrons. The maximum atomic E-state index is 13.3. The Kier molecular flexibility index (Phi) is 3.36. The van der Waals surface area contributed by atoms with Gasteiger partial charge in [-0.2, -0.15) is 0 Å². The highest BCUT2D eigenvalue weighted by atomic mass is 19.1. The van der Waals surface area contributed by atoms with Crippen LogP contribution in [0.5, 0.6) is 5.75 Å². The molecule has 3 atom stereocenters. The fraction of sp³-hybridized carbons (Fsp3) is 0.625. The third kappa shape index (κ3) is 2.06. The molecule has 1 aromatic rings. The van der Waals surface area contributed by atoms with Gasteiger partial charge < -0.3 is 14.8 Å². The van der Waals surface area contributed by atoms with Crippen molar-refractivity contribution >= 4 is 5.69 Å². The number of hydrogen-bond donors (Lipinski definition) is 1. The summed E-state index contributed by atoms with van der Waals surface area (Å²) >= 11 is 0. The van der Waals surface area contributed by atoms with E-state index >= 15 is 0 Å². The van der Waals surface area contributed by atoms with Crippen LogP contribution >= 0.6 is 0 Å². The van der Waals surface area contributed by atoms with E-state index in [1.165, 1.54) is 12.1 Å². The van der Waals surface area contributed by atoms with Crippen LogP contribution in [0, 0.1) is 17.2 Å². The van der Waals surface area contributed by atoms with E-state index in [0.717, 1.165) is 18.7 Å². The van der Waals surface area contributed by atoms with E-state index < -0.39 is 0 Å². The van der Waals surface area contributed by atoms with Crippen LogP contribution in [0.3, 0.4) is 0 Å². The second-order valence-corrected chi connectivity index (χ2v) is 6.26. The lowest BCUT2D eigenvalue weighted by Crippen LogP contribution is -2.63. The summed E-state index contributed by atoms with van der Waals surface area (Å²) in [7, 11) is 0. The van der Waals surface area contributed by atoms with Crippen molar-refractivity contribution in [2.45, 2.75) is 39.3 Å². The van der Waals surface area contributed by atoms with Crippen LogP contribution in [0.15, 0.2) is 18.2 Å². The normalized spacial score (nSPS) is 30.5. The lowest BCUT2D eigenvalue weighted by Gasteiger charge is -2.55. The molecule has 3 unspecified atom stereocenters. The monoisotopic (exact) mass is 279 g/mol. The Morgan fingerprint density at radius 3 is 3.00 bits per heavy atom. The van der Waals surface area contributed by atoms with Crippen LogP contribution in [0.2, 0.25) is 0 Å². The van der Waals surface area contributed by atoms with E-state index in [1.807, 2.05) is 6.92 Å². The predicted molar refractivity (Wildman–Crippen MR) is 76.6 cm³/mol. The molecule has 1 N–H and O–H groups in total. The molecule has 1 heterocycles. The fourth-order valence-corrected chi connectivity index (χ4v) is 3.68. The summed E-state index contributed by atoms with van der Waals surface area (Å²) in [4.78, 5) is 0. The first-order chi connectivity index (χ1) is 9.54. The summed E-state index contributed by atoms with van der Waals surface area (Å²) < 4.78 is 24.7. The SMILES string of the molecule is CCOc1cc(F)ccc1NC1C2CCOC2C1(C)C. The number of ether oxygens (including phenoxy) is 2. The van der Waals surface area contributed by atoms with Crippen molar-refractivity contribution in [2.24, 2.45) is 11.3 Å². The molecule has 0 amide bonds. The highest BCUT2D eigenvalue weighted by Gasteiger charge is 2.59. The highest BCUT2D eigenvalue weighted by molar-refractivity contribution is 5.58. The van der Waals surface area contributed by atoms with Gasteiger partial charge in [0, 0.05) is 30.0 Å². The van der Waals surface area contributed by atoms with E-state index in [1.54, 1.807) is 6.07 Å². The van der Waals surface area contributed by atoms with Gasteiger partial charge in [-0.3, -0.25) is 0 Å². The first-order valence-electron chi connectivity index (χ1n) is 7.34. The summed E-state index contributed by atoms with van der Waals surface area (Å²) in [6.45, 7) is 7.73. The molecule has 1 aliphatic heterocycles. The molecule has 0 aromatic heterocycles. The highest BCUT2D eigenvalue weighted by Crippen LogP contribution is 2.53.